The molecule has 0 saturated carbocycles. The topological polar surface area (TPSA) is 93.4 Å². The number of aryl methyl sites for hydroxylation is 1. The van der Waals surface area contributed by atoms with Crippen molar-refractivity contribution >= 4 is 33.3 Å². The third-order valence-electron chi connectivity index (χ3n) is 4.05. The monoisotopic (exact) mass is 417 g/mol. The van der Waals surface area contributed by atoms with E-state index in [-0.39, 0.29) is 11.5 Å². The van der Waals surface area contributed by atoms with E-state index in [9.17, 15) is 13.2 Å². The second kappa shape index (κ2) is 8.15. The van der Waals surface area contributed by atoms with Gasteiger partial charge >= 0.3 is 0 Å². The van der Waals surface area contributed by atoms with Gasteiger partial charge in [0, 0.05) is 18.2 Å². The lowest BCUT2D eigenvalue weighted by Gasteiger charge is -2.16. The minimum absolute atomic E-state index is 0.117. The van der Waals surface area contributed by atoms with Crippen LogP contribution in [0.4, 0.5) is 5.69 Å². The number of hydrogen-bond donors (Lipinski definition) is 0. The fourth-order valence-corrected chi connectivity index (χ4v) is 3.58. The van der Waals surface area contributed by atoms with Gasteiger partial charge in [0.15, 0.2) is 5.78 Å². The van der Waals surface area contributed by atoms with Crippen molar-refractivity contribution in [2.45, 2.75) is 12.1 Å². The van der Waals surface area contributed by atoms with Crippen molar-refractivity contribution in [1.82, 2.24) is 10.2 Å². The molecule has 3 rings (SSSR count). The van der Waals surface area contributed by atoms with Crippen LogP contribution in [-0.4, -0.2) is 43.5 Å². The lowest BCUT2D eigenvalue weighted by atomic mass is 10.1. The predicted octanol–water partition coefficient (Wildman–Crippen LogP) is 3.42. The Morgan fingerprint density at radius 1 is 1.14 bits per heavy atom. The number of aromatic nitrogens is 2. The zero-order valence-corrected chi connectivity index (χ0v) is 17.3. The smallest absolute Gasteiger partial charge is 0.277 e. The Morgan fingerprint density at radius 2 is 1.86 bits per heavy atom. The molecule has 28 heavy (non-hydrogen) atoms. The summed E-state index contributed by atoms with van der Waals surface area (Å²) in [5.41, 5.74) is 2.89. The first-order valence-corrected chi connectivity index (χ1v) is 11.2. The number of carbonyl (C=O) groups excluding carboxylic acids is 1. The molecule has 0 saturated heterocycles. The number of hydrogen-bond acceptors (Lipinski definition) is 7. The minimum Gasteiger partial charge on any atom is -0.411 e. The molecular formula is C19H19N3O4S2. The Labute approximate surface area is 167 Å². The van der Waals surface area contributed by atoms with Crippen LogP contribution in [0.5, 0.6) is 0 Å². The van der Waals surface area contributed by atoms with E-state index >= 15 is 0 Å². The molecule has 0 spiro atoms. The molecule has 0 aliphatic carbocycles. The van der Waals surface area contributed by atoms with Gasteiger partial charge in [0.05, 0.1) is 17.7 Å². The first-order valence-electron chi connectivity index (χ1n) is 8.34. The van der Waals surface area contributed by atoms with Gasteiger partial charge in [0.25, 0.3) is 5.22 Å². The van der Waals surface area contributed by atoms with Gasteiger partial charge in [0.2, 0.25) is 15.9 Å². The van der Waals surface area contributed by atoms with Crippen LogP contribution in [0.15, 0.2) is 58.2 Å². The summed E-state index contributed by atoms with van der Waals surface area (Å²) in [6.45, 7) is 1.98. The SMILES string of the molecule is Cc1cccc(-c2nnc(SCC(=O)c3ccc(N(C)S(C)(=O)=O)cc3)o2)c1. The molecule has 146 valence electrons. The number of benzene rings is 2. The number of ketones is 1. The van der Waals surface area contributed by atoms with Gasteiger partial charge in [0.1, 0.15) is 0 Å². The summed E-state index contributed by atoms with van der Waals surface area (Å²) < 4.78 is 29.9. The van der Waals surface area contributed by atoms with Gasteiger partial charge in [-0.05, 0) is 43.3 Å². The van der Waals surface area contributed by atoms with Crippen molar-refractivity contribution in [3.8, 4) is 11.5 Å². The Kier molecular flexibility index (Phi) is 5.85. The Hall–Kier alpha value is -2.65. The molecule has 0 amide bonds. The second-order valence-electron chi connectivity index (χ2n) is 6.23. The summed E-state index contributed by atoms with van der Waals surface area (Å²) in [6.07, 6.45) is 1.12. The molecule has 0 fully saturated rings. The molecule has 3 aromatic rings. The second-order valence-corrected chi connectivity index (χ2v) is 9.17. The summed E-state index contributed by atoms with van der Waals surface area (Å²) in [4.78, 5) is 12.4. The molecule has 0 unspecified atom stereocenters. The zero-order valence-electron chi connectivity index (χ0n) is 15.6. The molecular weight excluding hydrogens is 398 g/mol. The van der Waals surface area contributed by atoms with E-state index in [4.69, 9.17) is 4.42 Å². The summed E-state index contributed by atoms with van der Waals surface area (Å²) in [5.74, 6) is 0.428. The normalized spacial score (nSPS) is 11.4. The number of carbonyl (C=O) groups is 1. The standard InChI is InChI=1S/C19H19N3O4S2/c1-13-5-4-6-15(11-13)18-20-21-19(26-18)27-12-17(23)14-7-9-16(10-8-14)22(2)28(3,24)25/h4-11H,12H2,1-3H3. The van der Waals surface area contributed by atoms with Crippen LogP contribution >= 0.6 is 11.8 Å². The zero-order chi connectivity index (χ0) is 20.3. The number of rotatable bonds is 7. The highest BCUT2D eigenvalue weighted by atomic mass is 32.2. The first kappa shape index (κ1) is 20.1. The first-order chi connectivity index (χ1) is 13.2. The fourth-order valence-electron chi connectivity index (χ4n) is 2.42. The van der Waals surface area contributed by atoms with Crippen LogP contribution in [0.2, 0.25) is 0 Å². The Balaban J connectivity index is 1.63. The Bertz CT molecular complexity index is 1090. The van der Waals surface area contributed by atoms with Crippen LogP contribution in [0.25, 0.3) is 11.5 Å². The van der Waals surface area contributed by atoms with Crippen molar-refractivity contribution in [2.24, 2.45) is 0 Å². The molecule has 0 atom stereocenters. The summed E-state index contributed by atoms with van der Waals surface area (Å²) in [7, 11) is -1.88. The summed E-state index contributed by atoms with van der Waals surface area (Å²) >= 11 is 1.16. The number of sulfonamides is 1. The van der Waals surface area contributed by atoms with Crippen LogP contribution in [-0.2, 0) is 10.0 Å². The summed E-state index contributed by atoms with van der Waals surface area (Å²) in [6, 6.07) is 14.1. The lowest BCUT2D eigenvalue weighted by Crippen LogP contribution is -2.24. The van der Waals surface area contributed by atoms with Crippen molar-refractivity contribution in [2.75, 3.05) is 23.4 Å². The molecule has 1 heterocycles. The van der Waals surface area contributed by atoms with E-state index < -0.39 is 10.0 Å². The lowest BCUT2D eigenvalue weighted by molar-refractivity contribution is 0.102. The number of Topliss-reactive ketones (excluding diaryl/α,β-unsaturated/α-hetero) is 1. The van der Waals surface area contributed by atoms with E-state index in [0.29, 0.717) is 22.4 Å². The van der Waals surface area contributed by atoms with Crippen molar-refractivity contribution in [3.05, 3.63) is 59.7 Å². The van der Waals surface area contributed by atoms with Crippen LogP contribution in [0.3, 0.4) is 0 Å². The van der Waals surface area contributed by atoms with Gasteiger partial charge in [-0.2, -0.15) is 0 Å². The quantitative estimate of drug-likeness (QED) is 0.429. The average molecular weight is 418 g/mol. The Morgan fingerprint density at radius 3 is 2.50 bits per heavy atom. The molecule has 9 heteroatoms. The van der Waals surface area contributed by atoms with E-state index in [1.165, 1.54) is 7.05 Å². The maximum atomic E-state index is 12.4. The average Bonchev–Trinajstić information content (AvgIpc) is 3.14. The largest absolute Gasteiger partial charge is 0.411 e. The highest BCUT2D eigenvalue weighted by molar-refractivity contribution is 7.99. The van der Waals surface area contributed by atoms with Crippen molar-refractivity contribution < 1.29 is 17.6 Å². The minimum atomic E-state index is -3.34. The predicted molar refractivity (Wildman–Crippen MR) is 109 cm³/mol. The van der Waals surface area contributed by atoms with E-state index in [1.807, 2.05) is 31.2 Å². The van der Waals surface area contributed by atoms with Crippen molar-refractivity contribution in [3.63, 3.8) is 0 Å². The number of nitrogens with zero attached hydrogens (tertiary/aromatic N) is 3. The molecule has 2 aromatic carbocycles. The molecule has 0 aliphatic rings. The molecule has 0 radical (unpaired) electrons. The van der Waals surface area contributed by atoms with E-state index in [2.05, 4.69) is 10.2 Å². The van der Waals surface area contributed by atoms with Crippen LogP contribution in [0, 0.1) is 6.92 Å². The highest BCUT2D eigenvalue weighted by Crippen LogP contribution is 2.25. The third kappa shape index (κ3) is 4.79. The van der Waals surface area contributed by atoms with Gasteiger partial charge < -0.3 is 4.42 Å². The molecule has 0 bridgehead atoms. The highest BCUT2D eigenvalue weighted by Gasteiger charge is 2.15. The van der Waals surface area contributed by atoms with Crippen LogP contribution < -0.4 is 4.31 Å². The molecule has 0 aliphatic heterocycles. The number of thioether (sulfide) groups is 1. The molecule has 1 aromatic heterocycles. The number of anilines is 1. The van der Waals surface area contributed by atoms with Gasteiger partial charge in [-0.15, -0.1) is 10.2 Å². The molecule has 7 nitrogen and oxygen atoms in total. The molecule has 0 N–H and O–H groups in total. The van der Waals surface area contributed by atoms with Gasteiger partial charge in [-0.3, -0.25) is 9.10 Å². The maximum absolute atomic E-state index is 12.4. The maximum Gasteiger partial charge on any atom is 0.277 e. The third-order valence-corrected chi connectivity index (χ3v) is 6.07. The van der Waals surface area contributed by atoms with E-state index in [0.717, 1.165) is 33.4 Å². The van der Waals surface area contributed by atoms with Gasteiger partial charge in [-0.25, -0.2) is 8.42 Å². The van der Waals surface area contributed by atoms with Crippen molar-refractivity contribution in [1.29, 1.82) is 0 Å². The van der Waals surface area contributed by atoms with Gasteiger partial charge in [-0.1, -0.05) is 29.5 Å². The fraction of sp³-hybridized carbons (Fsp3) is 0.211. The van der Waals surface area contributed by atoms with Crippen LogP contribution in [0.1, 0.15) is 15.9 Å². The van der Waals surface area contributed by atoms with E-state index in [1.54, 1.807) is 24.3 Å². The summed E-state index contributed by atoms with van der Waals surface area (Å²) in [5, 5.41) is 8.31.